The van der Waals surface area contributed by atoms with Gasteiger partial charge >= 0.3 is 12.1 Å². The molecule has 2 amide bonds. The largest absolute Gasteiger partial charge is 0.480 e. The Bertz CT molecular complexity index is 1630. The van der Waals surface area contributed by atoms with Gasteiger partial charge in [-0.15, -0.1) is 11.3 Å². The number of nitrogens with zero attached hydrogens (tertiary/aromatic N) is 3. The number of aliphatic carboxylic acids is 1. The van der Waals surface area contributed by atoms with Crippen LogP contribution in [0.1, 0.15) is 32.9 Å². The highest BCUT2D eigenvalue weighted by atomic mass is 32.2. The number of nitrogens with one attached hydrogen (secondary N) is 4. The van der Waals surface area contributed by atoms with E-state index in [0.29, 0.717) is 29.4 Å². The summed E-state index contributed by atoms with van der Waals surface area (Å²) in [4.78, 5) is 46.3. The highest BCUT2D eigenvalue weighted by Gasteiger charge is 2.41. The van der Waals surface area contributed by atoms with Gasteiger partial charge in [0, 0.05) is 60.0 Å². The van der Waals surface area contributed by atoms with Crippen LogP contribution in [0.25, 0.3) is 10.9 Å². The molecule has 4 heterocycles. The van der Waals surface area contributed by atoms with Crippen LogP contribution < -0.4 is 10.6 Å². The SMILES string of the molecule is COC(=O)NC(=N)c1ccc2cc(S(=O)(=O)N3CCN(C(=O)c4nc5c(s4)CNC(C)C5)C(C(=O)O)C3)[nH]c2c1. The molecule has 5 N–H and O–H groups in total. The lowest BCUT2D eigenvalue weighted by atomic mass is 10.1. The number of fused-ring (bicyclic) bond motifs is 2. The number of amides is 2. The number of hydrogen-bond donors (Lipinski definition) is 5. The zero-order valence-corrected chi connectivity index (χ0v) is 23.2. The molecule has 5 rings (SSSR count). The summed E-state index contributed by atoms with van der Waals surface area (Å²) in [5.41, 5.74) is 1.54. The second kappa shape index (κ2) is 10.6. The van der Waals surface area contributed by atoms with Gasteiger partial charge in [0.2, 0.25) is 0 Å². The van der Waals surface area contributed by atoms with Crippen molar-refractivity contribution in [2.24, 2.45) is 0 Å². The van der Waals surface area contributed by atoms with E-state index in [1.165, 1.54) is 35.5 Å². The number of carboxylic acid groups (broad SMARTS) is 1. The van der Waals surface area contributed by atoms with Crippen LogP contribution in [0, 0.1) is 5.41 Å². The first kappa shape index (κ1) is 27.7. The van der Waals surface area contributed by atoms with Crippen molar-refractivity contribution in [3.8, 4) is 0 Å². The van der Waals surface area contributed by atoms with Crippen LogP contribution in [0.3, 0.4) is 0 Å². The van der Waals surface area contributed by atoms with E-state index in [1.54, 1.807) is 12.1 Å². The Morgan fingerprint density at radius 3 is 2.75 bits per heavy atom. The number of H-pyrrole nitrogens is 1. The van der Waals surface area contributed by atoms with Crippen molar-refractivity contribution in [3.63, 3.8) is 0 Å². The monoisotopic (exact) mass is 589 g/mol. The normalized spacial score (nSPS) is 19.7. The summed E-state index contributed by atoms with van der Waals surface area (Å²) in [5, 5.41) is 24.0. The number of carbonyl (C=O) groups is 3. The second-order valence-corrected chi connectivity index (χ2v) is 12.5. The third kappa shape index (κ3) is 5.17. The molecule has 2 aliphatic rings. The first-order valence-corrected chi connectivity index (χ1v) is 14.6. The first-order valence-electron chi connectivity index (χ1n) is 12.3. The third-order valence-corrected chi connectivity index (χ3v) is 9.75. The van der Waals surface area contributed by atoms with Gasteiger partial charge in [0.25, 0.3) is 15.9 Å². The van der Waals surface area contributed by atoms with Gasteiger partial charge in [-0.25, -0.2) is 23.0 Å². The van der Waals surface area contributed by atoms with E-state index >= 15 is 0 Å². The van der Waals surface area contributed by atoms with Gasteiger partial charge in [-0.05, 0) is 19.1 Å². The number of aromatic amines is 1. The molecule has 2 atom stereocenters. The molecule has 14 nitrogen and oxygen atoms in total. The summed E-state index contributed by atoms with van der Waals surface area (Å²) in [7, 11) is -2.99. The molecule has 2 aliphatic heterocycles. The molecule has 0 radical (unpaired) electrons. The van der Waals surface area contributed by atoms with Crippen LogP contribution in [-0.2, 0) is 32.5 Å². The minimum atomic E-state index is -4.16. The van der Waals surface area contributed by atoms with Gasteiger partial charge < -0.3 is 25.0 Å². The number of alkyl carbamates (subject to hydrolysis) is 1. The average molecular weight is 590 g/mol. The fourth-order valence-corrected chi connectivity index (χ4v) is 7.16. The number of benzene rings is 1. The number of hydrogen-bond acceptors (Lipinski definition) is 10. The quantitative estimate of drug-likeness (QED) is 0.212. The van der Waals surface area contributed by atoms with Crippen molar-refractivity contribution in [1.82, 2.24) is 29.8 Å². The van der Waals surface area contributed by atoms with Crippen LogP contribution in [0.2, 0.25) is 0 Å². The van der Waals surface area contributed by atoms with Crippen molar-refractivity contribution in [2.45, 2.75) is 37.0 Å². The first-order chi connectivity index (χ1) is 19.0. The Kier molecular flexibility index (Phi) is 7.34. The molecule has 0 aliphatic carbocycles. The van der Waals surface area contributed by atoms with E-state index < -0.39 is 40.6 Å². The molecule has 2 aromatic heterocycles. The lowest BCUT2D eigenvalue weighted by Crippen LogP contribution is -2.59. The molecule has 2 unspecified atom stereocenters. The zero-order valence-electron chi connectivity index (χ0n) is 21.6. The van der Waals surface area contributed by atoms with Crippen molar-refractivity contribution in [3.05, 3.63) is 45.4 Å². The predicted octanol–water partition coefficient (Wildman–Crippen LogP) is 0.940. The summed E-state index contributed by atoms with van der Waals surface area (Å²) < 4.78 is 32.5. The maximum Gasteiger partial charge on any atom is 0.412 e. The molecular formula is C24H27N7O7S2. The number of amidine groups is 1. The van der Waals surface area contributed by atoms with Crippen LogP contribution in [0.4, 0.5) is 4.79 Å². The number of methoxy groups -OCH3 is 1. The molecule has 16 heteroatoms. The predicted molar refractivity (Wildman–Crippen MR) is 144 cm³/mol. The highest BCUT2D eigenvalue weighted by molar-refractivity contribution is 7.89. The number of piperazine rings is 1. The molecule has 0 saturated carbocycles. The van der Waals surface area contributed by atoms with Gasteiger partial charge in [0.05, 0.1) is 12.8 Å². The Morgan fingerprint density at radius 2 is 2.02 bits per heavy atom. The van der Waals surface area contributed by atoms with Crippen LogP contribution in [0.5, 0.6) is 0 Å². The second-order valence-electron chi connectivity index (χ2n) is 9.52. The Hall–Kier alpha value is -3.86. The Labute approximate surface area is 232 Å². The average Bonchev–Trinajstić information content (AvgIpc) is 3.56. The lowest BCUT2D eigenvalue weighted by Gasteiger charge is -2.37. The topological polar surface area (TPSA) is 198 Å². The van der Waals surface area contributed by atoms with Gasteiger partial charge in [0.1, 0.15) is 16.9 Å². The van der Waals surface area contributed by atoms with Gasteiger partial charge in [-0.2, -0.15) is 4.31 Å². The van der Waals surface area contributed by atoms with Crippen LogP contribution in [-0.4, -0.2) is 95.3 Å². The maximum absolute atomic E-state index is 13.5. The number of rotatable bonds is 5. The van der Waals surface area contributed by atoms with E-state index in [9.17, 15) is 27.9 Å². The van der Waals surface area contributed by atoms with Gasteiger partial charge in [0.15, 0.2) is 5.01 Å². The summed E-state index contributed by atoms with van der Waals surface area (Å²) >= 11 is 1.23. The van der Waals surface area contributed by atoms with Crippen LogP contribution >= 0.6 is 11.3 Å². The van der Waals surface area contributed by atoms with Crippen molar-refractivity contribution in [1.29, 1.82) is 5.41 Å². The Morgan fingerprint density at radius 1 is 1.25 bits per heavy atom. The summed E-state index contributed by atoms with van der Waals surface area (Å²) in [5.74, 6) is -2.08. The molecular weight excluding hydrogens is 562 g/mol. The van der Waals surface area contributed by atoms with Gasteiger partial charge in [-0.1, -0.05) is 12.1 Å². The molecule has 212 valence electrons. The third-order valence-electron chi connectivity index (χ3n) is 6.88. The number of aromatic nitrogens is 2. The molecule has 40 heavy (non-hydrogen) atoms. The molecule has 1 fully saturated rings. The van der Waals surface area contributed by atoms with Gasteiger partial charge in [-0.3, -0.25) is 15.5 Å². The van der Waals surface area contributed by atoms with Crippen molar-refractivity contribution >= 4 is 56.1 Å². The van der Waals surface area contributed by atoms with E-state index in [2.05, 4.69) is 25.3 Å². The molecule has 0 spiro atoms. The lowest BCUT2D eigenvalue weighted by molar-refractivity contribution is -0.143. The molecule has 1 saturated heterocycles. The molecule has 3 aromatic rings. The van der Waals surface area contributed by atoms with E-state index in [1.807, 2.05) is 6.92 Å². The zero-order chi connectivity index (χ0) is 28.8. The van der Waals surface area contributed by atoms with Crippen molar-refractivity contribution < 1.29 is 32.6 Å². The summed E-state index contributed by atoms with van der Waals surface area (Å²) in [6, 6.07) is 4.88. The number of carboxylic acids is 1. The fourth-order valence-electron chi connectivity index (χ4n) is 4.71. The molecule has 1 aromatic carbocycles. The van der Waals surface area contributed by atoms with Crippen molar-refractivity contribution in [2.75, 3.05) is 26.7 Å². The smallest absolute Gasteiger partial charge is 0.412 e. The number of thiazole rings is 1. The van der Waals surface area contributed by atoms with Crippen LogP contribution in [0.15, 0.2) is 29.3 Å². The fraction of sp³-hybridized carbons (Fsp3) is 0.375. The number of ether oxygens (including phenoxy) is 1. The standard InChI is InChI=1S/C24H27N7O7S2/c1-12-7-16-18(10-26-12)39-21(28-16)22(32)31-6-5-30(11-17(31)23(33)34)40(36,37)19-9-13-3-4-14(8-15(13)27-19)20(25)29-24(35)38-2/h3-4,8-9,12,17,26-27H,5-7,10-11H2,1-2H3,(H,33,34)(H2,25,29,35). The summed E-state index contributed by atoms with van der Waals surface area (Å²) in [6.45, 7) is 1.96. The number of sulfonamides is 1. The molecule has 0 bridgehead atoms. The van der Waals surface area contributed by atoms with E-state index in [4.69, 9.17) is 5.41 Å². The minimum Gasteiger partial charge on any atom is -0.480 e. The maximum atomic E-state index is 13.5. The Balaban J connectivity index is 1.35. The van der Waals surface area contributed by atoms with E-state index in [-0.39, 0.29) is 35.0 Å². The number of carbonyl (C=O) groups excluding carboxylic acids is 2. The minimum absolute atomic E-state index is 0.101. The summed E-state index contributed by atoms with van der Waals surface area (Å²) in [6.07, 6.45) is -0.144. The highest BCUT2D eigenvalue weighted by Crippen LogP contribution is 2.28. The van der Waals surface area contributed by atoms with E-state index in [0.717, 1.165) is 14.9 Å².